The van der Waals surface area contributed by atoms with Crippen molar-refractivity contribution in [3.05, 3.63) is 78.1 Å². The molecule has 0 aliphatic heterocycles. The normalized spacial score (nSPS) is 10.9. The summed E-state index contributed by atoms with van der Waals surface area (Å²) in [6.07, 6.45) is 3.60. The first-order valence-corrected chi connectivity index (χ1v) is 11.2. The van der Waals surface area contributed by atoms with E-state index in [-0.39, 0.29) is 11.7 Å². The number of thioether (sulfide) groups is 1. The Morgan fingerprint density at radius 3 is 2.52 bits per heavy atom. The number of amides is 1. The third-order valence-corrected chi connectivity index (χ3v) is 5.82. The molecule has 2 N–H and O–H groups in total. The smallest absolute Gasteiger partial charge is 0.230 e. The molecular weight excluding hydrogens is 408 g/mol. The van der Waals surface area contributed by atoms with Gasteiger partial charge in [0.1, 0.15) is 0 Å². The highest BCUT2D eigenvalue weighted by atomic mass is 32.2. The summed E-state index contributed by atoms with van der Waals surface area (Å²) in [4.78, 5) is 12.4. The lowest BCUT2D eigenvalue weighted by Gasteiger charge is -2.10. The van der Waals surface area contributed by atoms with Crippen LogP contribution in [0.3, 0.4) is 0 Å². The lowest BCUT2D eigenvalue weighted by molar-refractivity contribution is -0.118. The largest absolute Gasteiger partial charge is 0.355 e. The van der Waals surface area contributed by atoms with Gasteiger partial charge in [0.2, 0.25) is 5.91 Å². The van der Waals surface area contributed by atoms with E-state index in [1.807, 2.05) is 78.4 Å². The number of para-hydroxylation sites is 1. The Labute approximate surface area is 185 Å². The summed E-state index contributed by atoms with van der Waals surface area (Å²) in [5.41, 5.74) is 4.21. The number of rotatable bonds is 9. The summed E-state index contributed by atoms with van der Waals surface area (Å²) >= 11 is 1.39. The van der Waals surface area contributed by atoms with Gasteiger partial charge in [-0.05, 0) is 37.5 Å². The molecule has 8 heteroatoms. The summed E-state index contributed by atoms with van der Waals surface area (Å²) in [5, 5.41) is 19.4. The molecule has 158 valence electrons. The SMILES string of the molecule is Cc1[nH]ncc1CCCNC(=O)CSc1nnc(-c2ccccc2)n1-c1ccccc1. The number of benzene rings is 2. The topological polar surface area (TPSA) is 88.5 Å². The number of aromatic nitrogens is 5. The standard InChI is InChI=1S/C23H24N6OS/c1-17-19(15-25-26-17)11-8-14-24-21(30)16-31-23-28-27-22(18-9-4-2-5-10-18)29(23)20-12-6-3-7-13-20/h2-7,9-10,12-13,15H,8,11,14,16H2,1H3,(H,24,30)(H,25,26). The Hall–Kier alpha value is -3.39. The number of carbonyl (C=O) groups excluding carboxylic acids is 1. The van der Waals surface area contributed by atoms with Gasteiger partial charge in [0.25, 0.3) is 0 Å². The quantitative estimate of drug-likeness (QED) is 0.310. The van der Waals surface area contributed by atoms with Gasteiger partial charge in [-0.2, -0.15) is 5.10 Å². The molecule has 0 atom stereocenters. The van der Waals surface area contributed by atoms with Crippen molar-refractivity contribution in [2.45, 2.75) is 24.9 Å². The minimum Gasteiger partial charge on any atom is -0.355 e. The molecule has 1 amide bonds. The van der Waals surface area contributed by atoms with E-state index in [1.54, 1.807) is 0 Å². The maximum Gasteiger partial charge on any atom is 0.230 e. The van der Waals surface area contributed by atoms with Gasteiger partial charge >= 0.3 is 0 Å². The first kappa shape index (κ1) is 20.9. The van der Waals surface area contributed by atoms with E-state index in [9.17, 15) is 4.79 Å². The second-order valence-electron chi connectivity index (χ2n) is 7.11. The molecule has 31 heavy (non-hydrogen) atoms. The van der Waals surface area contributed by atoms with Crippen molar-refractivity contribution in [1.82, 2.24) is 30.3 Å². The van der Waals surface area contributed by atoms with Crippen LogP contribution in [0.15, 0.2) is 72.0 Å². The van der Waals surface area contributed by atoms with Crippen LogP contribution in [0.1, 0.15) is 17.7 Å². The maximum absolute atomic E-state index is 12.4. The van der Waals surface area contributed by atoms with Gasteiger partial charge in [-0.25, -0.2) is 0 Å². The summed E-state index contributed by atoms with van der Waals surface area (Å²) in [6, 6.07) is 19.9. The molecule has 0 fully saturated rings. The van der Waals surface area contributed by atoms with Gasteiger partial charge < -0.3 is 5.32 Å². The Morgan fingerprint density at radius 1 is 1.06 bits per heavy atom. The lowest BCUT2D eigenvalue weighted by Crippen LogP contribution is -2.26. The van der Waals surface area contributed by atoms with Crippen LogP contribution < -0.4 is 5.32 Å². The van der Waals surface area contributed by atoms with Crippen LogP contribution in [0.5, 0.6) is 0 Å². The number of nitrogens with zero attached hydrogens (tertiary/aromatic N) is 4. The fourth-order valence-corrected chi connectivity index (χ4v) is 4.04. The monoisotopic (exact) mass is 432 g/mol. The number of aromatic amines is 1. The van der Waals surface area contributed by atoms with Gasteiger partial charge in [0, 0.05) is 23.5 Å². The van der Waals surface area contributed by atoms with Crippen LogP contribution in [-0.2, 0) is 11.2 Å². The van der Waals surface area contributed by atoms with Crippen molar-refractivity contribution in [2.75, 3.05) is 12.3 Å². The van der Waals surface area contributed by atoms with Crippen molar-refractivity contribution >= 4 is 17.7 Å². The van der Waals surface area contributed by atoms with Crippen molar-refractivity contribution in [3.8, 4) is 17.1 Å². The van der Waals surface area contributed by atoms with E-state index >= 15 is 0 Å². The van der Waals surface area contributed by atoms with Crippen LogP contribution in [0, 0.1) is 6.92 Å². The minimum atomic E-state index is -0.0159. The number of carbonyl (C=O) groups is 1. The molecular formula is C23H24N6OS. The predicted molar refractivity (Wildman–Crippen MR) is 122 cm³/mol. The van der Waals surface area contributed by atoms with Crippen LogP contribution in [0.4, 0.5) is 0 Å². The molecule has 4 rings (SSSR count). The molecule has 4 aromatic rings. The van der Waals surface area contributed by atoms with E-state index in [0.717, 1.165) is 35.6 Å². The van der Waals surface area contributed by atoms with Gasteiger partial charge in [-0.15, -0.1) is 10.2 Å². The predicted octanol–water partition coefficient (Wildman–Crippen LogP) is 3.81. The molecule has 0 bridgehead atoms. The van der Waals surface area contributed by atoms with E-state index in [1.165, 1.54) is 17.3 Å². The van der Waals surface area contributed by atoms with Crippen LogP contribution in [-0.4, -0.2) is 43.2 Å². The van der Waals surface area contributed by atoms with Gasteiger partial charge in [0.05, 0.1) is 11.9 Å². The fourth-order valence-electron chi connectivity index (χ4n) is 3.26. The summed E-state index contributed by atoms with van der Waals surface area (Å²) < 4.78 is 1.99. The third-order valence-electron chi connectivity index (χ3n) is 4.89. The second kappa shape index (κ2) is 10.1. The van der Waals surface area contributed by atoms with E-state index < -0.39 is 0 Å². The Morgan fingerprint density at radius 2 is 1.81 bits per heavy atom. The average molecular weight is 433 g/mol. The molecule has 2 heterocycles. The average Bonchev–Trinajstić information content (AvgIpc) is 3.42. The molecule has 0 aliphatic rings. The molecule has 7 nitrogen and oxygen atoms in total. The van der Waals surface area contributed by atoms with E-state index in [4.69, 9.17) is 0 Å². The van der Waals surface area contributed by atoms with E-state index in [2.05, 4.69) is 25.7 Å². The number of aryl methyl sites for hydroxylation is 2. The van der Waals surface area contributed by atoms with Crippen molar-refractivity contribution in [1.29, 1.82) is 0 Å². The third kappa shape index (κ3) is 5.21. The van der Waals surface area contributed by atoms with Crippen LogP contribution in [0.25, 0.3) is 17.1 Å². The molecule has 0 aliphatic carbocycles. The van der Waals surface area contributed by atoms with Gasteiger partial charge in [-0.1, -0.05) is 60.3 Å². The number of hydrogen-bond donors (Lipinski definition) is 2. The minimum absolute atomic E-state index is 0.0159. The second-order valence-corrected chi connectivity index (χ2v) is 8.05. The highest BCUT2D eigenvalue weighted by Gasteiger charge is 2.17. The zero-order chi connectivity index (χ0) is 21.5. The first-order chi connectivity index (χ1) is 15.2. The molecule has 0 radical (unpaired) electrons. The fraction of sp³-hybridized carbons (Fsp3) is 0.217. The Bertz CT molecular complexity index is 1120. The van der Waals surface area contributed by atoms with Crippen LogP contribution in [0.2, 0.25) is 0 Å². The molecule has 2 aromatic heterocycles. The Kier molecular flexibility index (Phi) is 6.78. The molecule has 0 unspecified atom stereocenters. The molecule has 0 saturated carbocycles. The van der Waals surface area contributed by atoms with Crippen LogP contribution >= 0.6 is 11.8 Å². The molecule has 0 spiro atoms. The number of hydrogen-bond acceptors (Lipinski definition) is 5. The van der Waals surface area contributed by atoms with Gasteiger partial charge in [-0.3, -0.25) is 14.5 Å². The van der Waals surface area contributed by atoms with Crippen molar-refractivity contribution < 1.29 is 4.79 Å². The number of H-pyrrole nitrogens is 1. The van der Waals surface area contributed by atoms with Crippen molar-refractivity contribution in [3.63, 3.8) is 0 Å². The highest BCUT2D eigenvalue weighted by Crippen LogP contribution is 2.27. The highest BCUT2D eigenvalue weighted by molar-refractivity contribution is 7.99. The maximum atomic E-state index is 12.4. The van der Waals surface area contributed by atoms with Gasteiger partial charge in [0.15, 0.2) is 11.0 Å². The number of nitrogens with one attached hydrogen (secondary N) is 2. The summed E-state index contributed by atoms with van der Waals surface area (Å²) in [5.74, 6) is 1.02. The zero-order valence-corrected chi connectivity index (χ0v) is 18.1. The van der Waals surface area contributed by atoms with E-state index in [0.29, 0.717) is 11.7 Å². The molecule has 0 saturated heterocycles. The summed E-state index contributed by atoms with van der Waals surface area (Å²) in [7, 11) is 0. The van der Waals surface area contributed by atoms with Crippen molar-refractivity contribution in [2.24, 2.45) is 0 Å². The summed E-state index contributed by atoms with van der Waals surface area (Å²) in [6.45, 7) is 2.63. The molecule has 2 aromatic carbocycles. The Balaban J connectivity index is 1.39. The lowest BCUT2D eigenvalue weighted by atomic mass is 10.1. The first-order valence-electron chi connectivity index (χ1n) is 10.2. The zero-order valence-electron chi connectivity index (χ0n) is 17.3.